The summed E-state index contributed by atoms with van der Waals surface area (Å²) in [7, 11) is 2.88. The number of nitrogens with zero attached hydrogens (tertiary/aromatic N) is 3. The van der Waals surface area contributed by atoms with Crippen molar-refractivity contribution in [3.63, 3.8) is 0 Å². The van der Waals surface area contributed by atoms with E-state index in [2.05, 4.69) is 26.0 Å². The maximum Gasteiger partial charge on any atom is 0.271 e. The number of hydrogen-bond donors (Lipinski definition) is 5. The fourth-order valence-electron chi connectivity index (χ4n) is 2.78. The number of ether oxygens (including phenoxy) is 1. The molecule has 1 atom stereocenters. The van der Waals surface area contributed by atoms with Crippen LogP contribution in [0.5, 0.6) is 5.75 Å². The molecule has 31 heavy (non-hydrogen) atoms. The van der Waals surface area contributed by atoms with Crippen LogP contribution in [0.25, 0.3) is 5.65 Å². The van der Waals surface area contributed by atoms with Gasteiger partial charge in [0.05, 0.1) is 31.3 Å². The number of amides is 1. The number of nitrogens with one attached hydrogen (secondary N) is 3. The van der Waals surface area contributed by atoms with Gasteiger partial charge in [-0.25, -0.2) is 18.3 Å². The Kier molecular flexibility index (Phi) is 6.22. The number of carbonyl (C=O) groups is 1. The Balaban J connectivity index is 2.00. The predicted octanol–water partition coefficient (Wildman–Crippen LogP) is 1.27. The first-order chi connectivity index (χ1) is 14.7. The van der Waals surface area contributed by atoms with Crippen molar-refractivity contribution in [2.45, 2.75) is 12.5 Å². The van der Waals surface area contributed by atoms with Crippen LogP contribution in [0.2, 0.25) is 0 Å². The quantitative estimate of drug-likeness (QED) is 0.357. The standard InChI is InChI=1S/C19H22F2N6O4/c1-19(30,9-28)8-24-18(29)14-7-23-17-13(22-2)6-15(26-27(14)17)25-12-5-10(20)4-11(21)16(12)31-3/h4-7,22,28,30H,8-9H2,1-3H3,(H,24,29)(H,25,26). The summed E-state index contributed by atoms with van der Waals surface area (Å²) in [5, 5.41) is 31.5. The van der Waals surface area contributed by atoms with Gasteiger partial charge in [-0.05, 0) is 6.92 Å². The maximum atomic E-state index is 14.0. The lowest BCUT2D eigenvalue weighted by molar-refractivity contribution is 0.00314. The molecule has 0 radical (unpaired) electrons. The van der Waals surface area contributed by atoms with Crippen molar-refractivity contribution in [2.75, 3.05) is 37.9 Å². The monoisotopic (exact) mass is 436 g/mol. The lowest BCUT2D eigenvalue weighted by Gasteiger charge is -2.20. The van der Waals surface area contributed by atoms with Gasteiger partial charge in [-0.15, -0.1) is 5.10 Å². The number of benzene rings is 1. The molecule has 3 rings (SSSR count). The van der Waals surface area contributed by atoms with E-state index in [9.17, 15) is 18.7 Å². The predicted molar refractivity (Wildman–Crippen MR) is 109 cm³/mol. The Morgan fingerprint density at radius 3 is 2.68 bits per heavy atom. The molecule has 3 aromatic rings. The lowest BCUT2D eigenvalue weighted by Crippen LogP contribution is -2.43. The van der Waals surface area contributed by atoms with E-state index in [4.69, 9.17) is 9.84 Å². The molecule has 5 N–H and O–H groups in total. The van der Waals surface area contributed by atoms with Gasteiger partial charge in [-0.2, -0.15) is 0 Å². The lowest BCUT2D eigenvalue weighted by atomic mass is 10.1. The molecule has 1 aromatic carbocycles. The van der Waals surface area contributed by atoms with E-state index in [1.807, 2.05) is 0 Å². The molecule has 0 aliphatic heterocycles. The highest BCUT2D eigenvalue weighted by Gasteiger charge is 2.23. The van der Waals surface area contributed by atoms with Gasteiger partial charge in [0.25, 0.3) is 5.91 Å². The van der Waals surface area contributed by atoms with Crippen LogP contribution in [-0.2, 0) is 0 Å². The molecule has 10 nitrogen and oxygen atoms in total. The summed E-state index contributed by atoms with van der Waals surface area (Å²) < 4.78 is 33.9. The Hall–Kier alpha value is -3.51. The second kappa shape index (κ2) is 8.70. The Morgan fingerprint density at radius 2 is 2.03 bits per heavy atom. The molecular weight excluding hydrogens is 414 g/mol. The number of imidazole rings is 1. The van der Waals surface area contributed by atoms with E-state index in [0.717, 1.165) is 6.07 Å². The molecule has 0 saturated heterocycles. The molecule has 2 heterocycles. The molecule has 1 amide bonds. The largest absolute Gasteiger partial charge is 0.492 e. The average Bonchev–Trinajstić information content (AvgIpc) is 3.15. The fraction of sp³-hybridized carbons (Fsp3) is 0.316. The zero-order chi connectivity index (χ0) is 22.8. The number of rotatable bonds is 8. The molecular formula is C19H22F2N6O4. The van der Waals surface area contributed by atoms with Crippen LogP contribution in [0.3, 0.4) is 0 Å². The number of carbonyl (C=O) groups excluding carboxylic acids is 1. The minimum atomic E-state index is -1.50. The molecule has 0 bridgehead atoms. The number of aliphatic hydroxyl groups excluding tert-OH is 1. The number of methoxy groups -OCH3 is 1. The van der Waals surface area contributed by atoms with Crippen LogP contribution in [0.1, 0.15) is 17.4 Å². The van der Waals surface area contributed by atoms with E-state index >= 15 is 0 Å². The third-order valence-electron chi connectivity index (χ3n) is 4.42. The second-order valence-corrected chi connectivity index (χ2v) is 7.00. The summed E-state index contributed by atoms with van der Waals surface area (Å²) in [4.78, 5) is 16.8. The molecule has 0 aliphatic rings. The Bertz CT molecular complexity index is 1120. The molecule has 12 heteroatoms. The van der Waals surface area contributed by atoms with Crippen LogP contribution < -0.4 is 20.7 Å². The SMILES string of the molecule is CNc1cc(Nc2cc(F)cc(F)c2OC)nn2c(C(=O)NCC(C)(O)CO)cnc12. The number of aromatic nitrogens is 3. The van der Waals surface area contributed by atoms with E-state index in [1.54, 1.807) is 13.1 Å². The van der Waals surface area contributed by atoms with Gasteiger partial charge < -0.3 is 30.9 Å². The third kappa shape index (κ3) is 4.64. The third-order valence-corrected chi connectivity index (χ3v) is 4.42. The van der Waals surface area contributed by atoms with Crippen molar-refractivity contribution < 1.29 is 28.5 Å². The van der Waals surface area contributed by atoms with Gasteiger partial charge in [0.2, 0.25) is 0 Å². The maximum absolute atomic E-state index is 14.0. The van der Waals surface area contributed by atoms with Crippen molar-refractivity contribution in [1.82, 2.24) is 19.9 Å². The summed E-state index contributed by atoms with van der Waals surface area (Å²) in [5.41, 5.74) is -0.649. The minimum absolute atomic E-state index is 0.000914. The van der Waals surface area contributed by atoms with Crippen molar-refractivity contribution in [3.05, 3.63) is 41.7 Å². The van der Waals surface area contributed by atoms with Gasteiger partial charge in [-0.1, -0.05) is 0 Å². The van der Waals surface area contributed by atoms with E-state index in [0.29, 0.717) is 17.4 Å². The fourth-order valence-corrected chi connectivity index (χ4v) is 2.78. The highest BCUT2D eigenvalue weighted by molar-refractivity contribution is 5.94. The summed E-state index contributed by atoms with van der Waals surface area (Å²) in [6, 6.07) is 3.29. The van der Waals surface area contributed by atoms with Crippen LogP contribution in [0.15, 0.2) is 24.4 Å². The number of hydrogen-bond acceptors (Lipinski definition) is 8. The molecule has 0 fully saturated rings. The van der Waals surface area contributed by atoms with Crippen molar-refractivity contribution in [2.24, 2.45) is 0 Å². The highest BCUT2D eigenvalue weighted by atomic mass is 19.1. The normalized spacial score (nSPS) is 13.0. The van der Waals surface area contributed by atoms with Gasteiger partial charge in [0.15, 0.2) is 28.7 Å². The van der Waals surface area contributed by atoms with E-state index in [-0.39, 0.29) is 29.5 Å². The molecule has 0 spiro atoms. The second-order valence-electron chi connectivity index (χ2n) is 7.00. The Labute approximate surface area is 175 Å². The number of anilines is 3. The zero-order valence-corrected chi connectivity index (χ0v) is 17.0. The van der Waals surface area contributed by atoms with Gasteiger partial charge in [-0.3, -0.25) is 4.79 Å². The molecule has 166 valence electrons. The number of aliphatic hydroxyl groups is 2. The van der Waals surface area contributed by atoms with Crippen molar-refractivity contribution in [1.29, 1.82) is 0 Å². The minimum Gasteiger partial charge on any atom is -0.492 e. The van der Waals surface area contributed by atoms with E-state index in [1.165, 1.54) is 24.7 Å². The van der Waals surface area contributed by atoms with Gasteiger partial charge in [0.1, 0.15) is 11.4 Å². The molecule has 0 saturated carbocycles. The summed E-state index contributed by atoms with van der Waals surface area (Å²) in [6.07, 6.45) is 1.29. The van der Waals surface area contributed by atoms with Crippen LogP contribution in [0.4, 0.5) is 26.0 Å². The topological polar surface area (TPSA) is 133 Å². The van der Waals surface area contributed by atoms with Crippen molar-refractivity contribution in [3.8, 4) is 5.75 Å². The van der Waals surface area contributed by atoms with Crippen molar-refractivity contribution >= 4 is 28.7 Å². The average molecular weight is 436 g/mol. The smallest absolute Gasteiger partial charge is 0.271 e. The van der Waals surface area contributed by atoms with E-state index < -0.39 is 29.7 Å². The van der Waals surface area contributed by atoms with Gasteiger partial charge >= 0.3 is 0 Å². The number of fused-ring (bicyclic) bond motifs is 1. The summed E-state index contributed by atoms with van der Waals surface area (Å²) in [5.74, 6) is -2.35. The molecule has 0 aliphatic carbocycles. The Morgan fingerprint density at radius 1 is 1.29 bits per heavy atom. The van der Waals surface area contributed by atoms with Crippen LogP contribution >= 0.6 is 0 Å². The van der Waals surface area contributed by atoms with Gasteiger partial charge in [0, 0.05) is 31.8 Å². The summed E-state index contributed by atoms with van der Waals surface area (Å²) in [6.45, 7) is 0.626. The van der Waals surface area contributed by atoms with Crippen LogP contribution in [0, 0.1) is 11.6 Å². The highest BCUT2D eigenvalue weighted by Crippen LogP contribution is 2.32. The first-order valence-corrected chi connectivity index (χ1v) is 9.17. The van der Waals surface area contributed by atoms with Crippen LogP contribution in [-0.4, -0.2) is 63.6 Å². The molecule has 2 aromatic heterocycles. The first kappa shape index (κ1) is 22.2. The molecule has 1 unspecified atom stereocenters. The first-order valence-electron chi connectivity index (χ1n) is 9.17. The number of halogens is 2. The summed E-state index contributed by atoms with van der Waals surface area (Å²) >= 11 is 0. The zero-order valence-electron chi connectivity index (χ0n) is 17.0.